The molecular weight excluding hydrogens is 324 g/mol. The van der Waals surface area contributed by atoms with Gasteiger partial charge in [0.1, 0.15) is 5.82 Å². The average molecular weight is 346 g/mol. The maximum absolute atomic E-state index is 12.4. The number of aromatic nitrogens is 3. The first-order valence-corrected chi connectivity index (χ1v) is 9.20. The highest BCUT2D eigenvalue weighted by Crippen LogP contribution is 2.20. The highest BCUT2D eigenvalue weighted by molar-refractivity contribution is 7.10. The molecule has 6 nitrogen and oxygen atoms in total. The van der Waals surface area contributed by atoms with E-state index in [0.29, 0.717) is 12.5 Å². The zero-order valence-corrected chi connectivity index (χ0v) is 14.6. The van der Waals surface area contributed by atoms with E-state index in [2.05, 4.69) is 10.2 Å². The van der Waals surface area contributed by atoms with E-state index in [4.69, 9.17) is 0 Å². The molecule has 1 saturated heterocycles. The average Bonchev–Trinajstić information content (AvgIpc) is 3.23. The summed E-state index contributed by atoms with van der Waals surface area (Å²) in [6, 6.07) is 3.97. The Labute approximate surface area is 144 Å². The Bertz CT molecular complexity index is 760. The molecule has 0 unspecified atom stereocenters. The molecule has 1 fully saturated rings. The smallest absolute Gasteiger partial charge is 0.339 e. The summed E-state index contributed by atoms with van der Waals surface area (Å²) in [6.07, 6.45) is 6.31. The molecule has 0 saturated carbocycles. The van der Waals surface area contributed by atoms with E-state index in [1.807, 2.05) is 35.4 Å². The van der Waals surface area contributed by atoms with Gasteiger partial charge >= 0.3 is 5.69 Å². The Morgan fingerprint density at radius 1 is 1.54 bits per heavy atom. The highest BCUT2D eigenvalue weighted by Gasteiger charge is 2.24. The van der Waals surface area contributed by atoms with Gasteiger partial charge in [-0.3, -0.25) is 9.36 Å². The van der Waals surface area contributed by atoms with Crippen molar-refractivity contribution in [3.63, 3.8) is 0 Å². The molecule has 1 aliphatic rings. The lowest BCUT2D eigenvalue weighted by molar-refractivity contribution is -0.127. The number of hydrogen-bond donors (Lipinski definition) is 1. The highest BCUT2D eigenvalue weighted by atomic mass is 32.1. The molecule has 128 valence electrons. The number of carbonyl (C=O) groups excluding carboxylic acids is 1. The number of H-pyrrole nitrogens is 1. The van der Waals surface area contributed by atoms with E-state index >= 15 is 0 Å². The number of carbonyl (C=O) groups is 1. The molecule has 1 amide bonds. The van der Waals surface area contributed by atoms with Gasteiger partial charge in [0, 0.05) is 37.0 Å². The fourth-order valence-corrected chi connectivity index (χ4v) is 3.79. The minimum absolute atomic E-state index is 0.0583. The summed E-state index contributed by atoms with van der Waals surface area (Å²) in [7, 11) is 0. The molecule has 1 atom stereocenters. The Morgan fingerprint density at radius 2 is 2.42 bits per heavy atom. The zero-order chi connectivity index (χ0) is 16.9. The van der Waals surface area contributed by atoms with Crippen molar-refractivity contribution in [2.75, 3.05) is 13.1 Å². The van der Waals surface area contributed by atoms with Gasteiger partial charge in [0.15, 0.2) is 0 Å². The van der Waals surface area contributed by atoms with Crippen LogP contribution in [0.25, 0.3) is 6.08 Å². The summed E-state index contributed by atoms with van der Waals surface area (Å²) in [4.78, 5) is 27.0. The fourth-order valence-electron chi connectivity index (χ4n) is 3.17. The summed E-state index contributed by atoms with van der Waals surface area (Å²) in [5, 5.41) is 8.64. The van der Waals surface area contributed by atoms with Crippen molar-refractivity contribution in [3.8, 4) is 0 Å². The second kappa shape index (κ2) is 7.61. The lowest BCUT2D eigenvalue weighted by atomic mass is 9.94. The predicted molar refractivity (Wildman–Crippen MR) is 94.9 cm³/mol. The molecule has 1 aliphatic heterocycles. The van der Waals surface area contributed by atoms with Crippen molar-refractivity contribution in [2.45, 2.75) is 32.7 Å². The summed E-state index contributed by atoms with van der Waals surface area (Å²) in [6.45, 7) is 4.07. The standard InChI is InChI=1S/C17H22N4O2S/c1-2-21-15(18-19-17(21)23)11-13-5-3-9-20(12-13)16(22)8-7-14-6-4-10-24-14/h4,6-8,10,13H,2-3,5,9,11-12H2,1H3,(H,19,23)/b8-7-/t13-/m0/s1. The minimum atomic E-state index is -0.157. The normalized spacial score (nSPS) is 18.4. The summed E-state index contributed by atoms with van der Waals surface area (Å²) >= 11 is 1.62. The first-order valence-electron chi connectivity index (χ1n) is 8.32. The van der Waals surface area contributed by atoms with Crippen LogP contribution in [0.5, 0.6) is 0 Å². The molecule has 1 N–H and O–H groups in total. The molecule has 2 aromatic heterocycles. The van der Waals surface area contributed by atoms with Gasteiger partial charge in [0.25, 0.3) is 0 Å². The summed E-state index contributed by atoms with van der Waals surface area (Å²) < 4.78 is 1.66. The van der Waals surface area contributed by atoms with Crippen molar-refractivity contribution in [3.05, 3.63) is 44.8 Å². The van der Waals surface area contributed by atoms with E-state index in [9.17, 15) is 9.59 Å². The second-order valence-electron chi connectivity index (χ2n) is 6.03. The Morgan fingerprint density at radius 3 is 3.17 bits per heavy atom. The van der Waals surface area contributed by atoms with E-state index in [0.717, 1.165) is 43.1 Å². The van der Waals surface area contributed by atoms with Gasteiger partial charge in [-0.2, -0.15) is 5.10 Å². The maximum atomic E-state index is 12.4. The van der Waals surface area contributed by atoms with Crippen LogP contribution in [0.1, 0.15) is 30.5 Å². The first-order chi connectivity index (χ1) is 11.7. The fraction of sp³-hybridized carbons (Fsp3) is 0.471. The number of nitrogens with one attached hydrogen (secondary N) is 1. The van der Waals surface area contributed by atoms with Crippen molar-refractivity contribution in [2.24, 2.45) is 5.92 Å². The van der Waals surface area contributed by atoms with E-state index in [1.165, 1.54) is 0 Å². The number of piperidine rings is 1. The molecule has 0 aromatic carbocycles. The van der Waals surface area contributed by atoms with Crippen LogP contribution in [0, 0.1) is 5.92 Å². The number of likely N-dealkylation sites (tertiary alicyclic amines) is 1. The molecule has 0 bridgehead atoms. The summed E-state index contributed by atoms with van der Waals surface area (Å²) in [5.41, 5.74) is -0.157. The lowest BCUT2D eigenvalue weighted by Gasteiger charge is -2.32. The van der Waals surface area contributed by atoms with Gasteiger partial charge in [0.05, 0.1) is 0 Å². The van der Waals surface area contributed by atoms with Crippen LogP contribution in [0.15, 0.2) is 28.4 Å². The Balaban J connectivity index is 1.61. The third-order valence-electron chi connectivity index (χ3n) is 4.39. The monoisotopic (exact) mass is 346 g/mol. The minimum Gasteiger partial charge on any atom is -0.339 e. The van der Waals surface area contributed by atoms with Gasteiger partial charge in [-0.1, -0.05) is 6.07 Å². The molecule has 24 heavy (non-hydrogen) atoms. The van der Waals surface area contributed by atoms with Crippen LogP contribution < -0.4 is 5.69 Å². The van der Waals surface area contributed by atoms with Crippen LogP contribution in [-0.2, 0) is 17.8 Å². The Hall–Kier alpha value is -2.15. The SMILES string of the molecule is CCn1c(C[C@@H]2CCCN(C(=O)/C=C\c3cccs3)C2)n[nH]c1=O. The lowest BCUT2D eigenvalue weighted by Crippen LogP contribution is -2.40. The van der Waals surface area contributed by atoms with Crippen LogP contribution in [0.3, 0.4) is 0 Å². The maximum Gasteiger partial charge on any atom is 0.343 e. The van der Waals surface area contributed by atoms with Gasteiger partial charge in [-0.05, 0) is 43.2 Å². The molecule has 0 aliphatic carbocycles. The van der Waals surface area contributed by atoms with Gasteiger partial charge in [0.2, 0.25) is 5.91 Å². The topological polar surface area (TPSA) is 71.0 Å². The summed E-state index contributed by atoms with van der Waals surface area (Å²) in [5.74, 6) is 1.19. The molecule has 0 radical (unpaired) electrons. The van der Waals surface area contributed by atoms with Crippen molar-refractivity contribution in [1.29, 1.82) is 0 Å². The number of nitrogens with zero attached hydrogens (tertiary/aromatic N) is 3. The quantitative estimate of drug-likeness (QED) is 0.843. The number of aromatic amines is 1. The van der Waals surface area contributed by atoms with Crippen LogP contribution in [0.4, 0.5) is 0 Å². The third-order valence-corrected chi connectivity index (χ3v) is 5.23. The molecule has 3 heterocycles. The number of hydrogen-bond acceptors (Lipinski definition) is 4. The van der Waals surface area contributed by atoms with Crippen LogP contribution in [0.2, 0.25) is 0 Å². The molecular formula is C17H22N4O2S. The van der Waals surface area contributed by atoms with E-state index < -0.39 is 0 Å². The first kappa shape index (κ1) is 16.7. The van der Waals surface area contributed by atoms with Crippen LogP contribution >= 0.6 is 11.3 Å². The molecule has 3 rings (SSSR count). The zero-order valence-electron chi connectivity index (χ0n) is 13.8. The number of rotatable bonds is 5. The van der Waals surface area contributed by atoms with Gasteiger partial charge in [-0.25, -0.2) is 9.89 Å². The number of amides is 1. The molecule has 2 aromatic rings. The van der Waals surface area contributed by atoms with Gasteiger partial charge < -0.3 is 4.90 Å². The van der Waals surface area contributed by atoms with E-state index in [1.54, 1.807) is 22.0 Å². The molecule has 0 spiro atoms. The van der Waals surface area contributed by atoms with Crippen molar-refractivity contribution in [1.82, 2.24) is 19.7 Å². The predicted octanol–water partition coefficient (Wildman–Crippen LogP) is 2.15. The number of thiophene rings is 1. The van der Waals surface area contributed by atoms with E-state index in [-0.39, 0.29) is 11.6 Å². The second-order valence-corrected chi connectivity index (χ2v) is 7.01. The molecule has 7 heteroatoms. The van der Waals surface area contributed by atoms with Gasteiger partial charge in [-0.15, -0.1) is 11.3 Å². The van der Waals surface area contributed by atoms with Crippen molar-refractivity contribution >= 4 is 23.3 Å². The van der Waals surface area contributed by atoms with Crippen molar-refractivity contribution < 1.29 is 4.79 Å². The third kappa shape index (κ3) is 3.84. The van der Waals surface area contributed by atoms with Crippen LogP contribution in [-0.4, -0.2) is 38.7 Å². The Kier molecular flexibility index (Phi) is 5.30. The largest absolute Gasteiger partial charge is 0.343 e.